The standard InChI is InChI=1S/C11H16ClN/c1-2-3-4-8-13-11-7-5-6-10(12)9-11/h5-7,9,13H,2-4,8H2,1H3. The van der Waals surface area contributed by atoms with Crippen LogP contribution in [0.4, 0.5) is 5.69 Å². The van der Waals surface area contributed by atoms with E-state index < -0.39 is 0 Å². The molecule has 0 fully saturated rings. The van der Waals surface area contributed by atoms with Crippen LogP contribution in [0.15, 0.2) is 24.3 Å². The number of halogens is 1. The lowest BCUT2D eigenvalue weighted by Gasteiger charge is -2.05. The molecule has 1 rings (SSSR count). The average molecular weight is 198 g/mol. The highest BCUT2D eigenvalue weighted by Gasteiger charge is 1.91. The molecule has 0 unspecified atom stereocenters. The summed E-state index contributed by atoms with van der Waals surface area (Å²) in [7, 11) is 0. The third-order valence-electron chi connectivity index (χ3n) is 1.93. The summed E-state index contributed by atoms with van der Waals surface area (Å²) in [6, 6.07) is 7.84. The molecule has 0 atom stereocenters. The number of nitrogens with one attached hydrogen (secondary N) is 1. The summed E-state index contributed by atoms with van der Waals surface area (Å²) in [6.07, 6.45) is 3.77. The Kier molecular flexibility index (Phi) is 4.69. The maximum absolute atomic E-state index is 5.84. The normalized spacial score (nSPS) is 10.0. The Labute approximate surface area is 85.1 Å². The van der Waals surface area contributed by atoms with Crippen molar-refractivity contribution in [3.05, 3.63) is 29.3 Å². The number of hydrogen-bond donors (Lipinski definition) is 1. The third kappa shape index (κ3) is 4.18. The molecule has 0 saturated heterocycles. The van der Waals surface area contributed by atoms with E-state index in [1.807, 2.05) is 24.3 Å². The van der Waals surface area contributed by atoms with Crippen LogP contribution in [-0.2, 0) is 0 Å². The van der Waals surface area contributed by atoms with Crippen LogP contribution in [0.1, 0.15) is 26.2 Å². The maximum atomic E-state index is 5.84. The Bertz CT molecular complexity index is 248. The van der Waals surface area contributed by atoms with Crippen LogP contribution >= 0.6 is 11.6 Å². The van der Waals surface area contributed by atoms with Gasteiger partial charge in [0.15, 0.2) is 0 Å². The maximum Gasteiger partial charge on any atom is 0.0426 e. The van der Waals surface area contributed by atoms with Gasteiger partial charge in [0.1, 0.15) is 0 Å². The first kappa shape index (κ1) is 10.4. The zero-order chi connectivity index (χ0) is 9.52. The second-order valence-corrected chi connectivity index (χ2v) is 3.58. The predicted molar refractivity (Wildman–Crippen MR) is 59.5 cm³/mol. The number of rotatable bonds is 5. The summed E-state index contributed by atoms with van der Waals surface area (Å²) in [5.74, 6) is 0. The van der Waals surface area contributed by atoms with Crippen molar-refractivity contribution in [1.29, 1.82) is 0 Å². The van der Waals surface area contributed by atoms with Crippen molar-refractivity contribution in [2.45, 2.75) is 26.2 Å². The summed E-state index contributed by atoms with van der Waals surface area (Å²) >= 11 is 5.84. The summed E-state index contributed by atoms with van der Waals surface area (Å²) < 4.78 is 0. The molecule has 0 aliphatic carbocycles. The quantitative estimate of drug-likeness (QED) is 0.706. The van der Waals surface area contributed by atoms with Gasteiger partial charge >= 0.3 is 0 Å². The Balaban J connectivity index is 2.28. The van der Waals surface area contributed by atoms with Crippen LogP contribution in [0.5, 0.6) is 0 Å². The Morgan fingerprint density at radius 3 is 2.85 bits per heavy atom. The Hall–Kier alpha value is -0.690. The van der Waals surface area contributed by atoms with Gasteiger partial charge in [-0.3, -0.25) is 0 Å². The van der Waals surface area contributed by atoms with Gasteiger partial charge in [0.25, 0.3) is 0 Å². The first-order valence-electron chi connectivity index (χ1n) is 4.82. The van der Waals surface area contributed by atoms with Crippen LogP contribution in [0, 0.1) is 0 Å². The van der Waals surface area contributed by atoms with Crippen molar-refractivity contribution in [3.63, 3.8) is 0 Å². The minimum Gasteiger partial charge on any atom is -0.385 e. The molecule has 0 heterocycles. The first-order valence-corrected chi connectivity index (χ1v) is 5.20. The van der Waals surface area contributed by atoms with Crippen LogP contribution in [0.25, 0.3) is 0 Å². The number of benzene rings is 1. The van der Waals surface area contributed by atoms with Crippen LogP contribution in [0.2, 0.25) is 5.02 Å². The fourth-order valence-electron chi connectivity index (χ4n) is 1.21. The smallest absolute Gasteiger partial charge is 0.0426 e. The van der Waals surface area contributed by atoms with Gasteiger partial charge < -0.3 is 5.32 Å². The summed E-state index contributed by atoms with van der Waals surface area (Å²) in [6.45, 7) is 3.24. The van der Waals surface area contributed by atoms with Gasteiger partial charge in [-0.05, 0) is 24.6 Å². The van der Waals surface area contributed by atoms with Crippen LogP contribution < -0.4 is 5.32 Å². The molecular formula is C11H16ClN. The molecule has 0 radical (unpaired) electrons. The molecule has 2 heteroatoms. The lowest BCUT2D eigenvalue weighted by atomic mass is 10.2. The average Bonchev–Trinajstić information content (AvgIpc) is 2.13. The van der Waals surface area contributed by atoms with Gasteiger partial charge in [-0.1, -0.05) is 37.4 Å². The molecule has 1 aromatic rings. The Morgan fingerprint density at radius 2 is 2.15 bits per heavy atom. The van der Waals surface area contributed by atoms with Crippen molar-refractivity contribution in [2.75, 3.05) is 11.9 Å². The summed E-state index contributed by atoms with van der Waals surface area (Å²) in [5, 5.41) is 4.13. The van der Waals surface area contributed by atoms with Crippen molar-refractivity contribution in [1.82, 2.24) is 0 Å². The molecule has 1 aromatic carbocycles. The highest BCUT2D eigenvalue weighted by molar-refractivity contribution is 6.30. The van der Waals surface area contributed by atoms with E-state index in [0.29, 0.717) is 0 Å². The third-order valence-corrected chi connectivity index (χ3v) is 2.17. The molecule has 0 bridgehead atoms. The minimum absolute atomic E-state index is 0.792. The molecule has 13 heavy (non-hydrogen) atoms. The monoisotopic (exact) mass is 197 g/mol. The largest absolute Gasteiger partial charge is 0.385 e. The second-order valence-electron chi connectivity index (χ2n) is 3.14. The van der Waals surface area contributed by atoms with Crippen molar-refractivity contribution >= 4 is 17.3 Å². The highest BCUT2D eigenvalue weighted by atomic mass is 35.5. The van der Waals surface area contributed by atoms with E-state index in [4.69, 9.17) is 11.6 Å². The number of unbranched alkanes of at least 4 members (excludes halogenated alkanes) is 2. The minimum atomic E-state index is 0.792. The molecular weight excluding hydrogens is 182 g/mol. The zero-order valence-corrected chi connectivity index (χ0v) is 8.77. The number of anilines is 1. The van der Waals surface area contributed by atoms with Gasteiger partial charge in [-0.25, -0.2) is 0 Å². The molecule has 0 aliphatic heterocycles. The van der Waals surface area contributed by atoms with Crippen molar-refractivity contribution in [2.24, 2.45) is 0 Å². The van der Waals surface area contributed by atoms with E-state index in [9.17, 15) is 0 Å². The number of hydrogen-bond acceptors (Lipinski definition) is 1. The lowest BCUT2D eigenvalue weighted by molar-refractivity contribution is 0.744. The fourth-order valence-corrected chi connectivity index (χ4v) is 1.40. The fraction of sp³-hybridized carbons (Fsp3) is 0.455. The summed E-state index contributed by atoms with van der Waals surface area (Å²) in [4.78, 5) is 0. The topological polar surface area (TPSA) is 12.0 Å². The summed E-state index contributed by atoms with van der Waals surface area (Å²) in [5.41, 5.74) is 1.11. The molecule has 0 spiro atoms. The molecule has 1 nitrogen and oxygen atoms in total. The SMILES string of the molecule is CCCCCNc1cccc(Cl)c1. The molecule has 1 N–H and O–H groups in total. The van der Waals surface area contributed by atoms with Gasteiger partial charge in [0, 0.05) is 17.3 Å². The van der Waals surface area contributed by atoms with Gasteiger partial charge in [-0.15, -0.1) is 0 Å². The van der Waals surface area contributed by atoms with E-state index >= 15 is 0 Å². The Morgan fingerprint density at radius 1 is 1.31 bits per heavy atom. The second kappa shape index (κ2) is 5.87. The van der Waals surface area contributed by atoms with Crippen molar-refractivity contribution < 1.29 is 0 Å². The lowest BCUT2D eigenvalue weighted by Crippen LogP contribution is -2.00. The van der Waals surface area contributed by atoms with E-state index in [2.05, 4.69) is 12.2 Å². The van der Waals surface area contributed by atoms with Crippen molar-refractivity contribution in [3.8, 4) is 0 Å². The van der Waals surface area contributed by atoms with Gasteiger partial charge in [0.05, 0.1) is 0 Å². The van der Waals surface area contributed by atoms with Crippen LogP contribution in [0.3, 0.4) is 0 Å². The van der Waals surface area contributed by atoms with Gasteiger partial charge in [0.2, 0.25) is 0 Å². The zero-order valence-electron chi connectivity index (χ0n) is 8.02. The van der Waals surface area contributed by atoms with E-state index in [1.165, 1.54) is 19.3 Å². The predicted octanol–water partition coefficient (Wildman–Crippen LogP) is 3.94. The van der Waals surface area contributed by atoms with E-state index in [0.717, 1.165) is 17.3 Å². The van der Waals surface area contributed by atoms with E-state index in [1.54, 1.807) is 0 Å². The van der Waals surface area contributed by atoms with Gasteiger partial charge in [-0.2, -0.15) is 0 Å². The highest BCUT2D eigenvalue weighted by Crippen LogP contribution is 2.14. The molecule has 0 amide bonds. The molecule has 0 aromatic heterocycles. The first-order chi connectivity index (χ1) is 6.33. The molecule has 0 aliphatic rings. The molecule has 0 saturated carbocycles. The van der Waals surface area contributed by atoms with E-state index in [-0.39, 0.29) is 0 Å². The van der Waals surface area contributed by atoms with Crippen LogP contribution in [-0.4, -0.2) is 6.54 Å². The molecule has 72 valence electrons.